The number of nitrogens with zero attached hydrogens (tertiary/aromatic N) is 4. The summed E-state index contributed by atoms with van der Waals surface area (Å²) in [5.41, 5.74) is 9.78. The fourth-order valence-electron chi connectivity index (χ4n) is 6.37. The van der Waals surface area contributed by atoms with Crippen molar-refractivity contribution in [3.8, 4) is 56.4 Å². The van der Waals surface area contributed by atoms with Gasteiger partial charge in [-0.15, -0.1) is 0 Å². The molecule has 5 heteroatoms. The van der Waals surface area contributed by atoms with Gasteiger partial charge in [0.25, 0.3) is 0 Å². The van der Waals surface area contributed by atoms with Gasteiger partial charge in [-0.2, -0.15) is 0 Å². The van der Waals surface area contributed by atoms with Crippen LogP contribution in [-0.2, 0) is 0 Å². The minimum atomic E-state index is 0.602. The van der Waals surface area contributed by atoms with Crippen molar-refractivity contribution in [2.24, 2.45) is 0 Å². The van der Waals surface area contributed by atoms with E-state index in [0.717, 1.165) is 71.8 Å². The molecule has 3 aromatic heterocycles. The van der Waals surface area contributed by atoms with E-state index in [-0.39, 0.29) is 0 Å². The first-order chi connectivity index (χ1) is 23.3. The lowest BCUT2D eigenvalue weighted by Crippen LogP contribution is -2.00. The van der Waals surface area contributed by atoms with Crippen LogP contribution in [-0.4, -0.2) is 19.9 Å². The Morgan fingerprint density at radius 3 is 1.68 bits per heavy atom. The van der Waals surface area contributed by atoms with E-state index < -0.39 is 0 Å². The number of furan rings is 1. The topological polar surface area (TPSA) is 64.7 Å². The molecule has 47 heavy (non-hydrogen) atoms. The smallest absolute Gasteiger partial charge is 0.164 e. The highest BCUT2D eigenvalue weighted by molar-refractivity contribution is 6.15. The van der Waals surface area contributed by atoms with Gasteiger partial charge in [0.15, 0.2) is 17.5 Å². The fraction of sp³-hybridized carbons (Fsp3) is 0. The van der Waals surface area contributed by atoms with Gasteiger partial charge < -0.3 is 4.42 Å². The van der Waals surface area contributed by atoms with E-state index in [4.69, 9.17) is 19.4 Å². The fourth-order valence-corrected chi connectivity index (χ4v) is 6.37. The molecule has 9 aromatic rings. The van der Waals surface area contributed by atoms with Crippen LogP contribution >= 0.6 is 0 Å². The molecule has 0 N–H and O–H groups in total. The second kappa shape index (κ2) is 11.2. The highest BCUT2D eigenvalue weighted by Gasteiger charge is 2.19. The van der Waals surface area contributed by atoms with E-state index in [1.54, 1.807) is 0 Å². The van der Waals surface area contributed by atoms with Crippen LogP contribution in [0, 0.1) is 0 Å². The van der Waals surface area contributed by atoms with Crippen molar-refractivity contribution in [1.29, 1.82) is 0 Å². The van der Waals surface area contributed by atoms with Crippen molar-refractivity contribution in [2.45, 2.75) is 0 Å². The molecule has 0 atom stereocenters. The number of benzene rings is 6. The van der Waals surface area contributed by atoms with Crippen LogP contribution in [0.1, 0.15) is 0 Å². The van der Waals surface area contributed by atoms with E-state index in [2.05, 4.69) is 71.7 Å². The van der Waals surface area contributed by atoms with Gasteiger partial charge in [0.05, 0.1) is 5.52 Å². The number of hydrogen-bond donors (Lipinski definition) is 0. The molecule has 0 aliphatic carbocycles. The van der Waals surface area contributed by atoms with E-state index in [1.165, 1.54) is 0 Å². The molecule has 6 aromatic carbocycles. The number of rotatable bonds is 5. The third-order valence-electron chi connectivity index (χ3n) is 8.62. The molecule has 3 heterocycles. The second-order valence-electron chi connectivity index (χ2n) is 11.5. The lowest BCUT2D eigenvalue weighted by Gasteiger charge is -2.09. The minimum Gasteiger partial charge on any atom is -0.455 e. The normalized spacial score (nSPS) is 11.4. The number of hydrogen-bond acceptors (Lipinski definition) is 5. The van der Waals surface area contributed by atoms with E-state index in [0.29, 0.717) is 17.5 Å². The summed E-state index contributed by atoms with van der Waals surface area (Å²) in [5, 5.41) is 3.13. The molecule has 0 unspecified atom stereocenters. The molecule has 0 aliphatic rings. The zero-order valence-corrected chi connectivity index (χ0v) is 25.2. The lowest BCUT2D eigenvalue weighted by molar-refractivity contribution is 0.670. The van der Waals surface area contributed by atoms with Gasteiger partial charge in [0, 0.05) is 44.6 Å². The third-order valence-corrected chi connectivity index (χ3v) is 8.62. The van der Waals surface area contributed by atoms with Crippen molar-refractivity contribution >= 4 is 32.8 Å². The minimum absolute atomic E-state index is 0.602. The predicted octanol–water partition coefficient (Wildman–Crippen LogP) is 10.7. The van der Waals surface area contributed by atoms with Gasteiger partial charge in [-0.3, -0.25) is 4.98 Å². The second-order valence-corrected chi connectivity index (χ2v) is 11.5. The summed E-state index contributed by atoms with van der Waals surface area (Å²) in [7, 11) is 0. The maximum absolute atomic E-state index is 6.62. The summed E-state index contributed by atoms with van der Waals surface area (Å²) >= 11 is 0. The van der Waals surface area contributed by atoms with Crippen LogP contribution in [0.25, 0.3) is 89.3 Å². The summed E-state index contributed by atoms with van der Waals surface area (Å²) in [6, 6.07) is 51.5. The van der Waals surface area contributed by atoms with Crippen LogP contribution in [0.15, 0.2) is 162 Å². The van der Waals surface area contributed by atoms with Crippen LogP contribution in [0.2, 0.25) is 0 Å². The van der Waals surface area contributed by atoms with E-state index in [9.17, 15) is 0 Å². The van der Waals surface area contributed by atoms with Crippen molar-refractivity contribution in [3.05, 3.63) is 158 Å². The molecule has 0 aliphatic heterocycles. The molecule has 9 rings (SSSR count). The zero-order valence-electron chi connectivity index (χ0n) is 25.2. The first-order valence-corrected chi connectivity index (χ1v) is 15.6. The Kier molecular flexibility index (Phi) is 6.39. The number of para-hydroxylation sites is 1. The lowest BCUT2D eigenvalue weighted by atomic mass is 9.96. The Labute approximate surface area is 270 Å². The molecule has 0 spiro atoms. The van der Waals surface area contributed by atoms with Gasteiger partial charge in [-0.05, 0) is 34.9 Å². The van der Waals surface area contributed by atoms with Crippen molar-refractivity contribution < 1.29 is 4.42 Å². The Balaban J connectivity index is 1.19. The summed E-state index contributed by atoms with van der Waals surface area (Å²) in [5.74, 6) is 1.86. The Bertz CT molecular complexity index is 2500. The van der Waals surface area contributed by atoms with Crippen molar-refractivity contribution in [2.75, 3.05) is 0 Å². The predicted molar refractivity (Wildman–Crippen MR) is 190 cm³/mol. The molecular formula is C42H26N4O. The summed E-state index contributed by atoms with van der Waals surface area (Å²) in [6.45, 7) is 0. The van der Waals surface area contributed by atoms with Gasteiger partial charge >= 0.3 is 0 Å². The molecule has 0 saturated heterocycles. The van der Waals surface area contributed by atoms with Gasteiger partial charge in [-0.1, -0.05) is 133 Å². The SMILES string of the molecule is c1ccc(-c2nc(-c3ccccc3)nc(-c3cccc4oc5c(-c6ccc(-c7cccc8ncccc78)cc6)cccc5c34)n2)cc1. The van der Waals surface area contributed by atoms with E-state index in [1.807, 2.05) is 91.1 Å². The molecule has 5 nitrogen and oxygen atoms in total. The molecular weight excluding hydrogens is 576 g/mol. The maximum atomic E-state index is 6.62. The molecule has 0 fully saturated rings. The maximum Gasteiger partial charge on any atom is 0.164 e. The third kappa shape index (κ3) is 4.73. The summed E-state index contributed by atoms with van der Waals surface area (Å²) in [4.78, 5) is 19.4. The Morgan fingerprint density at radius 1 is 0.383 bits per heavy atom. The van der Waals surface area contributed by atoms with Gasteiger partial charge in [-0.25, -0.2) is 15.0 Å². The summed E-state index contributed by atoms with van der Waals surface area (Å²) < 4.78 is 6.62. The highest BCUT2D eigenvalue weighted by Crippen LogP contribution is 2.41. The van der Waals surface area contributed by atoms with Gasteiger partial charge in [0.1, 0.15) is 11.2 Å². The first-order valence-electron chi connectivity index (χ1n) is 15.6. The van der Waals surface area contributed by atoms with E-state index >= 15 is 0 Å². The highest BCUT2D eigenvalue weighted by atomic mass is 16.3. The van der Waals surface area contributed by atoms with Crippen molar-refractivity contribution in [1.82, 2.24) is 19.9 Å². The zero-order chi connectivity index (χ0) is 31.2. The average molecular weight is 603 g/mol. The van der Waals surface area contributed by atoms with Gasteiger partial charge in [0.2, 0.25) is 0 Å². The number of fused-ring (bicyclic) bond motifs is 4. The monoisotopic (exact) mass is 602 g/mol. The Hall–Kier alpha value is -6.46. The molecule has 220 valence electrons. The molecule has 0 amide bonds. The largest absolute Gasteiger partial charge is 0.455 e. The summed E-state index contributed by atoms with van der Waals surface area (Å²) in [6.07, 6.45) is 1.83. The molecule has 0 bridgehead atoms. The van der Waals surface area contributed by atoms with Crippen molar-refractivity contribution in [3.63, 3.8) is 0 Å². The standard InChI is InChI=1S/C42H26N4O/c1-3-11-29(12-4-1)40-44-41(30-13-5-2-6-14-30)46-42(45-40)35-18-9-21-37-38(35)34-17-7-16-32(39(34)47-37)28-24-22-27(23-25-28)31-15-8-20-36-33(31)19-10-26-43-36/h1-26H. The van der Waals surface area contributed by atoms with Crippen LogP contribution in [0.4, 0.5) is 0 Å². The Morgan fingerprint density at radius 2 is 0.957 bits per heavy atom. The average Bonchev–Trinajstić information content (AvgIpc) is 3.55. The van der Waals surface area contributed by atoms with Crippen LogP contribution in [0.3, 0.4) is 0 Å². The molecule has 0 radical (unpaired) electrons. The van der Waals surface area contributed by atoms with Crippen LogP contribution in [0.5, 0.6) is 0 Å². The first kappa shape index (κ1) is 26.9. The molecule has 0 saturated carbocycles. The number of pyridine rings is 1. The van der Waals surface area contributed by atoms with Crippen LogP contribution < -0.4 is 0 Å². The quantitative estimate of drug-likeness (QED) is 0.196. The number of aromatic nitrogens is 4.